The van der Waals surface area contributed by atoms with Gasteiger partial charge in [-0.3, -0.25) is 9.88 Å². The van der Waals surface area contributed by atoms with Crippen LogP contribution in [0.25, 0.3) is 16.6 Å². The fourth-order valence-corrected chi connectivity index (χ4v) is 5.96. The summed E-state index contributed by atoms with van der Waals surface area (Å²) < 4.78 is 7.52. The van der Waals surface area contributed by atoms with Gasteiger partial charge in [0.2, 0.25) is 0 Å². The highest BCUT2D eigenvalue weighted by molar-refractivity contribution is 5.85. The van der Waals surface area contributed by atoms with Crippen molar-refractivity contribution in [3.8, 4) is 22.9 Å². The zero-order chi connectivity index (χ0) is 27.4. The van der Waals surface area contributed by atoms with Crippen LogP contribution in [0, 0.1) is 11.3 Å². The first-order valence-corrected chi connectivity index (χ1v) is 14.0. The molecule has 1 N–H and O–H groups in total. The van der Waals surface area contributed by atoms with E-state index < -0.39 is 5.60 Å². The molecule has 2 atom stereocenters. The molecule has 4 aromatic rings. The van der Waals surface area contributed by atoms with Crippen LogP contribution in [0.2, 0.25) is 0 Å². The van der Waals surface area contributed by atoms with E-state index in [0.717, 1.165) is 36.6 Å². The average Bonchev–Trinajstić information content (AvgIpc) is 3.73. The van der Waals surface area contributed by atoms with Crippen LogP contribution in [0.15, 0.2) is 55.1 Å². The zero-order valence-corrected chi connectivity index (χ0v) is 22.9. The maximum Gasteiger partial charge on any atom is 0.138 e. The number of aliphatic hydroxyl groups is 1. The number of pyridine rings is 3. The molecule has 4 fully saturated rings. The molecule has 0 radical (unpaired) electrons. The fourth-order valence-electron chi connectivity index (χ4n) is 5.96. The Labute approximate surface area is 233 Å². The molecule has 2 unspecified atom stereocenters. The van der Waals surface area contributed by atoms with Crippen molar-refractivity contribution in [2.24, 2.45) is 0 Å². The van der Waals surface area contributed by atoms with Crippen molar-refractivity contribution in [2.75, 3.05) is 24.6 Å². The Morgan fingerprint density at radius 3 is 2.55 bits per heavy atom. The minimum absolute atomic E-state index is 0.137. The van der Waals surface area contributed by atoms with Crippen LogP contribution < -0.4 is 9.64 Å². The number of aromatic nitrogens is 4. The summed E-state index contributed by atoms with van der Waals surface area (Å²) in [6.07, 6.45) is 11.0. The Balaban J connectivity index is 1.07. The molecule has 1 aliphatic carbocycles. The standard InChI is InChI=1S/C31H33N7O2/c1-31(2,39)19-40-26-10-27(30-23(11-32)14-35-38(30)18-26)22-6-8-29(34-13-22)36-16-24-9-25(17-36)37(24)15-20-3-7-28(33-12-20)21-4-5-21/h3,6-8,10,12-14,18,21,24-25,39H,4-5,9,15-17,19H2,1-2H3. The summed E-state index contributed by atoms with van der Waals surface area (Å²) in [5.74, 6) is 2.23. The van der Waals surface area contributed by atoms with Crippen molar-refractivity contribution in [1.82, 2.24) is 24.5 Å². The molecule has 2 bridgehead atoms. The van der Waals surface area contributed by atoms with Gasteiger partial charge in [0.05, 0.1) is 29.1 Å². The van der Waals surface area contributed by atoms with Crippen LogP contribution in [0.3, 0.4) is 0 Å². The number of nitrogens with zero attached hydrogens (tertiary/aromatic N) is 7. The monoisotopic (exact) mass is 535 g/mol. The van der Waals surface area contributed by atoms with Gasteiger partial charge >= 0.3 is 0 Å². The Kier molecular flexibility index (Phi) is 5.99. The number of nitriles is 1. The van der Waals surface area contributed by atoms with E-state index in [1.807, 2.05) is 12.3 Å². The van der Waals surface area contributed by atoms with E-state index in [1.165, 1.54) is 30.5 Å². The first-order chi connectivity index (χ1) is 19.3. The summed E-state index contributed by atoms with van der Waals surface area (Å²) in [7, 11) is 0. The van der Waals surface area contributed by atoms with Gasteiger partial charge in [0.25, 0.3) is 0 Å². The molecule has 0 aromatic carbocycles. The van der Waals surface area contributed by atoms with Gasteiger partial charge in [-0.05, 0) is 62.9 Å². The second kappa shape index (κ2) is 9.58. The van der Waals surface area contributed by atoms with Gasteiger partial charge < -0.3 is 14.7 Å². The van der Waals surface area contributed by atoms with E-state index in [4.69, 9.17) is 14.7 Å². The molecule has 7 heterocycles. The number of piperidine rings is 1. The van der Waals surface area contributed by atoms with Crippen LogP contribution in [-0.4, -0.2) is 67.0 Å². The van der Waals surface area contributed by atoms with Crippen molar-refractivity contribution in [3.05, 3.63) is 71.9 Å². The van der Waals surface area contributed by atoms with Crippen LogP contribution in [-0.2, 0) is 6.54 Å². The lowest BCUT2D eigenvalue weighted by Gasteiger charge is -2.56. The molecule has 4 aromatic heterocycles. The van der Waals surface area contributed by atoms with Gasteiger partial charge in [0, 0.05) is 66.9 Å². The number of anilines is 1. The van der Waals surface area contributed by atoms with Crippen molar-refractivity contribution in [1.29, 1.82) is 5.26 Å². The number of fused-ring (bicyclic) bond motifs is 3. The van der Waals surface area contributed by atoms with E-state index in [9.17, 15) is 10.4 Å². The molecule has 1 saturated carbocycles. The highest BCUT2D eigenvalue weighted by atomic mass is 16.5. The molecular formula is C31H33N7O2. The minimum atomic E-state index is -0.970. The predicted octanol–water partition coefficient (Wildman–Crippen LogP) is 4.15. The van der Waals surface area contributed by atoms with E-state index in [0.29, 0.717) is 34.8 Å². The van der Waals surface area contributed by atoms with Crippen molar-refractivity contribution >= 4 is 11.3 Å². The van der Waals surface area contributed by atoms with Crippen molar-refractivity contribution in [2.45, 2.75) is 63.3 Å². The van der Waals surface area contributed by atoms with E-state index in [1.54, 1.807) is 30.8 Å². The molecule has 204 valence electrons. The maximum atomic E-state index is 10.1. The van der Waals surface area contributed by atoms with Gasteiger partial charge in [-0.15, -0.1) is 0 Å². The molecule has 0 amide bonds. The minimum Gasteiger partial charge on any atom is -0.489 e. The molecule has 9 nitrogen and oxygen atoms in total. The first kappa shape index (κ1) is 25.0. The Hall–Kier alpha value is -4.00. The fraction of sp³-hybridized carbons (Fsp3) is 0.419. The third-order valence-electron chi connectivity index (χ3n) is 8.23. The number of piperazine rings is 1. The quantitative estimate of drug-likeness (QED) is 0.359. The highest BCUT2D eigenvalue weighted by Crippen LogP contribution is 2.39. The Morgan fingerprint density at radius 1 is 1.07 bits per heavy atom. The Bertz CT molecular complexity index is 1570. The smallest absolute Gasteiger partial charge is 0.138 e. The highest BCUT2D eigenvalue weighted by Gasteiger charge is 2.44. The number of hydrogen-bond donors (Lipinski definition) is 1. The van der Waals surface area contributed by atoms with Gasteiger partial charge in [-0.1, -0.05) is 6.07 Å². The largest absolute Gasteiger partial charge is 0.489 e. The second-order valence-electron chi connectivity index (χ2n) is 12.0. The van der Waals surface area contributed by atoms with Crippen molar-refractivity contribution < 1.29 is 9.84 Å². The third kappa shape index (κ3) is 4.78. The third-order valence-corrected chi connectivity index (χ3v) is 8.23. The molecule has 9 heteroatoms. The summed E-state index contributed by atoms with van der Waals surface area (Å²) >= 11 is 0. The van der Waals surface area contributed by atoms with E-state index in [2.05, 4.69) is 51.4 Å². The number of ether oxygens (including phenoxy) is 1. The van der Waals surface area contributed by atoms with Gasteiger partial charge in [-0.25, -0.2) is 9.50 Å². The summed E-state index contributed by atoms with van der Waals surface area (Å²) in [4.78, 5) is 14.5. The number of hydrogen-bond acceptors (Lipinski definition) is 8. The van der Waals surface area contributed by atoms with E-state index in [-0.39, 0.29) is 6.61 Å². The maximum absolute atomic E-state index is 10.1. The Morgan fingerprint density at radius 2 is 1.90 bits per heavy atom. The molecule has 40 heavy (non-hydrogen) atoms. The molecule has 8 rings (SSSR count). The van der Waals surface area contributed by atoms with Gasteiger partial charge in [-0.2, -0.15) is 10.4 Å². The topological polar surface area (TPSA) is 103 Å². The van der Waals surface area contributed by atoms with Crippen LogP contribution >= 0.6 is 0 Å². The van der Waals surface area contributed by atoms with Crippen LogP contribution in [0.5, 0.6) is 5.75 Å². The first-order valence-electron chi connectivity index (χ1n) is 14.0. The summed E-state index contributed by atoms with van der Waals surface area (Å²) in [6, 6.07) is 13.8. The lowest BCUT2D eigenvalue weighted by molar-refractivity contribution is -0.00876. The van der Waals surface area contributed by atoms with Crippen molar-refractivity contribution in [3.63, 3.8) is 0 Å². The molecule has 3 saturated heterocycles. The predicted molar refractivity (Wildman–Crippen MR) is 151 cm³/mol. The molecule has 0 spiro atoms. The summed E-state index contributed by atoms with van der Waals surface area (Å²) in [5, 5.41) is 24.1. The van der Waals surface area contributed by atoms with Crippen LogP contribution in [0.4, 0.5) is 5.82 Å². The normalized spacial score (nSPS) is 20.8. The number of rotatable bonds is 8. The SMILES string of the molecule is CC(C)(O)COc1cc(-c2ccc(N3CC4CC(C3)N4Cc3ccc(C4CC4)nc3)nc2)c2c(C#N)cnn2c1. The summed E-state index contributed by atoms with van der Waals surface area (Å²) in [6.45, 7) is 6.41. The average molecular weight is 536 g/mol. The molecular weight excluding hydrogens is 502 g/mol. The van der Waals surface area contributed by atoms with E-state index >= 15 is 0 Å². The zero-order valence-electron chi connectivity index (χ0n) is 22.9. The lowest BCUT2D eigenvalue weighted by Crippen LogP contribution is -2.68. The lowest BCUT2D eigenvalue weighted by atomic mass is 9.87. The molecule has 3 aliphatic heterocycles. The molecule has 4 aliphatic rings. The van der Waals surface area contributed by atoms with Crippen LogP contribution in [0.1, 0.15) is 55.8 Å². The van der Waals surface area contributed by atoms with Gasteiger partial charge in [0.1, 0.15) is 24.2 Å². The van der Waals surface area contributed by atoms with Gasteiger partial charge in [0.15, 0.2) is 0 Å². The summed E-state index contributed by atoms with van der Waals surface area (Å²) in [5.41, 5.74) is 4.47. The second-order valence-corrected chi connectivity index (χ2v) is 12.0.